The molecule has 0 saturated carbocycles. The topological polar surface area (TPSA) is 127 Å². The molecule has 0 spiro atoms. The van der Waals surface area contributed by atoms with Gasteiger partial charge in [-0.15, -0.1) is 11.4 Å². The van der Waals surface area contributed by atoms with Crippen molar-refractivity contribution in [3.8, 4) is 0 Å². The monoisotopic (exact) mass is 275 g/mol. The second-order valence-corrected chi connectivity index (χ2v) is 2.20. The maximum Gasteiger partial charge on any atom is 0.278 e. The quantitative estimate of drug-likeness (QED) is 0.361. The number of carboxylic acid groups (broad SMARTS) is 2. The summed E-state index contributed by atoms with van der Waals surface area (Å²) in [5.41, 5.74) is -0.148. The number of aromatic carboxylic acids is 2. The van der Waals surface area contributed by atoms with E-state index in [2.05, 4.69) is 6.07 Å². The van der Waals surface area contributed by atoms with Gasteiger partial charge in [-0.25, -0.2) is 0 Å². The zero-order valence-electron chi connectivity index (χ0n) is 7.91. The Morgan fingerprint density at radius 3 is 1.75 bits per heavy atom. The molecule has 0 unspecified atom stereocenters. The van der Waals surface area contributed by atoms with E-state index < -0.39 is 11.9 Å². The number of rotatable bonds is 2. The van der Waals surface area contributed by atoms with Gasteiger partial charge in [0.1, 0.15) is 0 Å². The fourth-order valence-electron chi connectivity index (χ4n) is 0.719. The predicted octanol–water partition coefficient (Wildman–Crippen LogP) is 1.13. The molecule has 0 amide bonds. The Hall–Kier alpha value is -1.82. The Balaban J connectivity index is 0. The minimum absolute atomic E-state index is 0. The summed E-state index contributed by atoms with van der Waals surface area (Å²) in [4.78, 5) is 28.7. The Kier molecular flexibility index (Phi) is 8.81. The van der Waals surface area contributed by atoms with Crippen molar-refractivity contribution in [3.63, 3.8) is 0 Å². The molecule has 0 saturated heterocycles. The molecule has 0 aliphatic carbocycles. The summed E-state index contributed by atoms with van der Waals surface area (Å²) in [6, 6.07) is 5.95. The zero-order valence-corrected chi connectivity index (χ0v) is 10.9. The van der Waals surface area contributed by atoms with E-state index in [4.69, 9.17) is 20.3 Å². The van der Waals surface area contributed by atoms with Crippen molar-refractivity contribution < 1.29 is 39.3 Å². The number of benzene rings is 1. The van der Waals surface area contributed by atoms with Crippen LogP contribution in [0.3, 0.4) is 0 Å². The maximum atomic E-state index is 10.4. The van der Waals surface area contributed by atoms with E-state index in [9.17, 15) is 9.59 Å². The summed E-state index contributed by atoms with van der Waals surface area (Å²) in [5, 5.41) is 26.0. The smallest absolute Gasteiger partial charge is 0.278 e. The van der Waals surface area contributed by atoms with Gasteiger partial charge >= 0.3 is 0 Å². The van der Waals surface area contributed by atoms with E-state index in [1.807, 2.05) is 0 Å². The van der Waals surface area contributed by atoms with E-state index in [1.165, 1.54) is 12.1 Å². The van der Waals surface area contributed by atoms with Gasteiger partial charge in [-0.3, -0.25) is 9.59 Å². The van der Waals surface area contributed by atoms with E-state index in [0.29, 0.717) is 0 Å². The molecule has 0 radical (unpaired) electrons. The molecule has 0 atom stereocenters. The largest absolute Gasteiger partial charge is 0.487 e. The van der Waals surface area contributed by atoms with Crippen molar-refractivity contribution in [1.29, 1.82) is 0 Å². The number of hydrogen-bond donors (Lipinski definition) is 2. The van der Waals surface area contributed by atoms with Crippen molar-refractivity contribution in [2.45, 2.75) is 0 Å². The first kappa shape index (κ1) is 16.6. The van der Waals surface area contributed by atoms with Crippen LogP contribution in [0.2, 0.25) is 0 Å². The summed E-state index contributed by atoms with van der Waals surface area (Å²) in [5.74, 6) is -2.32. The second kappa shape index (κ2) is 8.49. The van der Waals surface area contributed by atoms with Gasteiger partial charge in [-0.1, -0.05) is 0 Å². The molecule has 16 heavy (non-hydrogen) atoms. The Morgan fingerprint density at radius 1 is 1.19 bits per heavy atom. The average molecular weight is 277 g/mol. The van der Waals surface area contributed by atoms with Gasteiger partial charge < -0.3 is 20.3 Å². The normalized spacial score (nSPS) is 7.75. The average Bonchev–Trinajstić information content (AvgIpc) is 2.19. The van der Waals surface area contributed by atoms with Gasteiger partial charge in [-0.2, -0.15) is 18.2 Å². The van der Waals surface area contributed by atoms with Crippen LogP contribution in [0.1, 0.15) is 20.7 Å². The van der Waals surface area contributed by atoms with Crippen molar-refractivity contribution in [2.24, 2.45) is 5.34 Å². The van der Waals surface area contributed by atoms with Crippen LogP contribution in [-0.4, -0.2) is 22.2 Å². The molecule has 0 heterocycles. The van der Waals surface area contributed by atoms with Crippen LogP contribution < -0.4 is 0 Å². The molecular weight excluding hydrogens is 271 g/mol. The molecule has 0 aliphatic heterocycles. The fraction of sp³-hybridized carbons (Fsp3) is 0. The van der Waals surface area contributed by atoms with Crippen molar-refractivity contribution in [2.75, 3.05) is 0 Å². The number of carbonyl (C=O) groups is 2. The van der Waals surface area contributed by atoms with Crippen molar-refractivity contribution >= 4 is 11.9 Å². The van der Waals surface area contributed by atoms with Gasteiger partial charge in [0.2, 0.25) is 0 Å². The van der Waals surface area contributed by atoms with Gasteiger partial charge in [-0.05, 0) is 11.1 Å². The molecule has 1 rings (SSSR count). The van der Waals surface area contributed by atoms with Crippen LogP contribution in [0.4, 0.5) is 0 Å². The summed E-state index contributed by atoms with van der Waals surface area (Å²) in [6.45, 7) is 0. The van der Waals surface area contributed by atoms with Crippen molar-refractivity contribution in [1.82, 2.24) is 0 Å². The number of hydrogen-bond acceptors (Lipinski definition) is 5. The number of carboxylic acids is 2. The van der Waals surface area contributed by atoms with E-state index in [1.54, 1.807) is 0 Å². The SMILES string of the molecule is O=C(O)c1c[c-]cc(C(=O)O)c1.O=N[O-].[Zn]. The minimum Gasteiger partial charge on any atom is -0.487 e. The molecule has 1 aromatic carbocycles. The molecule has 82 valence electrons. The summed E-state index contributed by atoms with van der Waals surface area (Å²) >= 11 is 0. The molecule has 0 aromatic heterocycles. The standard InChI is InChI=1S/C8H5O4.HNO2.Zn/c9-7(10)5-2-1-3-6(4-5)8(11)12;2-1-3;/h2-4H,(H,9,10)(H,11,12);(H,2,3);/q-1;;/p-1. The van der Waals surface area contributed by atoms with Crippen LogP contribution in [0.25, 0.3) is 0 Å². The van der Waals surface area contributed by atoms with Crippen LogP contribution in [-0.2, 0) is 19.5 Å². The minimum atomic E-state index is -1.16. The van der Waals surface area contributed by atoms with Crippen LogP contribution >= 0.6 is 0 Å². The molecule has 0 fully saturated rings. The molecule has 2 N–H and O–H groups in total. The Morgan fingerprint density at radius 2 is 1.50 bits per heavy atom. The first-order chi connectivity index (χ1) is 7.02. The maximum absolute atomic E-state index is 10.4. The predicted molar refractivity (Wildman–Crippen MR) is 48.4 cm³/mol. The van der Waals surface area contributed by atoms with Gasteiger partial charge in [0.05, 0.1) is 0 Å². The zero-order chi connectivity index (χ0) is 11.8. The summed E-state index contributed by atoms with van der Waals surface area (Å²) < 4.78 is 0. The fourth-order valence-corrected chi connectivity index (χ4v) is 0.719. The van der Waals surface area contributed by atoms with Gasteiger partial charge in [0.15, 0.2) is 0 Å². The van der Waals surface area contributed by atoms with Gasteiger partial charge in [0.25, 0.3) is 11.9 Å². The first-order valence-corrected chi connectivity index (χ1v) is 3.45. The molecule has 8 heteroatoms. The summed E-state index contributed by atoms with van der Waals surface area (Å²) in [7, 11) is 0. The third-order valence-electron chi connectivity index (χ3n) is 1.28. The van der Waals surface area contributed by atoms with Gasteiger partial charge in [0, 0.05) is 19.5 Å². The number of nitrogens with zero attached hydrogens (tertiary/aromatic N) is 1. The Bertz CT molecular complexity index is 351. The van der Waals surface area contributed by atoms with Crippen LogP contribution in [0, 0.1) is 16.2 Å². The summed E-state index contributed by atoms with van der Waals surface area (Å²) in [6.07, 6.45) is 0. The van der Waals surface area contributed by atoms with Crippen LogP contribution in [0.5, 0.6) is 0 Å². The second-order valence-electron chi connectivity index (χ2n) is 2.20. The molecular formula is C8H5NO6Zn-2. The van der Waals surface area contributed by atoms with E-state index in [-0.39, 0.29) is 30.6 Å². The molecule has 0 bridgehead atoms. The Labute approximate surface area is 102 Å². The molecule has 1 aromatic rings. The van der Waals surface area contributed by atoms with E-state index >= 15 is 0 Å². The van der Waals surface area contributed by atoms with E-state index in [0.717, 1.165) is 11.4 Å². The van der Waals surface area contributed by atoms with Crippen LogP contribution in [0.15, 0.2) is 23.5 Å². The molecule has 0 aliphatic rings. The first-order valence-electron chi connectivity index (χ1n) is 3.45. The third-order valence-corrected chi connectivity index (χ3v) is 1.28. The molecule has 7 nitrogen and oxygen atoms in total. The third kappa shape index (κ3) is 5.82. The van der Waals surface area contributed by atoms with Crippen molar-refractivity contribution in [3.05, 3.63) is 45.5 Å².